The first kappa shape index (κ1) is 13.8. The fourth-order valence-corrected chi connectivity index (χ4v) is 1.73. The third kappa shape index (κ3) is 3.03. The molecule has 20 heavy (non-hydrogen) atoms. The monoisotopic (exact) mass is 270 g/mol. The number of Topliss-reactive ketones (excluding diaryl/α,β-unsaturated/α-hetero) is 1. The van der Waals surface area contributed by atoms with Gasteiger partial charge < -0.3 is 9.47 Å². The molecule has 4 nitrogen and oxygen atoms in total. The Bertz CT molecular complexity index is 629. The lowest BCUT2D eigenvalue weighted by molar-refractivity contribution is 0.0731. The maximum Gasteiger partial charge on any atom is 0.347 e. The maximum atomic E-state index is 12.0. The number of hydrogen-bond donors (Lipinski definition) is 0. The van der Waals surface area contributed by atoms with Crippen molar-refractivity contribution in [2.24, 2.45) is 0 Å². The van der Waals surface area contributed by atoms with Crippen LogP contribution in [0.1, 0.15) is 27.6 Å². The second kappa shape index (κ2) is 6.02. The van der Waals surface area contributed by atoms with Crippen LogP contribution in [-0.4, -0.2) is 18.9 Å². The van der Waals surface area contributed by atoms with Crippen LogP contribution < -0.4 is 9.47 Å². The number of methoxy groups -OCH3 is 1. The largest absolute Gasteiger partial charge is 0.496 e. The lowest BCUT2D eigenvalue weighted by Crippen LogP contribution is -2.10. The van der Waals surface area contributed by atoms with Gasteiger partial charge in [-0.15, -0.1) is 0 Å². The smallest absolute Gasteiger partial charge is 0.347 e. The minimum absolute atomic E-state index is 0.0346. The predicted octanol–water partition coefficient (Wildman–Crippen LogP) is 3.12. The Morgan fingerprint density at radius 1 is 0.950 bits per heavy atom. The highest BCUT2D eigenvalue weighted by molar-refractivity contribution is 5.95. The van der Waals surface area contributed by atoms with Gasteiger partial charge in [0, 0.05) is 5.56 Å². The zero-order valence-electron chi connectivity index (χ0n) is 11.3. The summed E-state index contributed by atoms with van der Waals surface area (Å²) in [7, 11) is 1.49. The minimum atomic E-state index is -0.502. The highest BCUT2D eigenvalue weighted by atomic mass is 16.5. The van der Waals surface area contributed by atoms with E-state index in [1.54, 1.807) is 48.5 Å². The van der Waals surface area contributed by atoms with E-state index in [4.69, 9.17) is 9.47 Å². The van der Waals surface area contributed by atoms with Crippen molar-refractivity contribution < 1.29 is 19.1 Å². The first-order chi connectivity index (χ1) is 9.61. The van der Waals surface area contributed by atoms with Crippen LogP contribution in [0.3, 0.4) is 0 Å². The number of esters is 1. The van der Waals surface area contributed by atoms with E-state index in [2.05, 4.69) is 0 Å². The fraction of sp³-hybridized carbons (Fsp3) is 0.125. The van der Waals surface area contributed by atoms with E-state index in [1.807, 2.05) is 0 Å². The molecule has 0 saturated heterocycles. The van der Waals surface area contributed by atoms with E-state index >= 15 is 0 Å². The number of para-hydroxylation sites is 1. The van der Waals surface area contributed by atoms with Gasteiger partial charge in [0.1, 0.15) is 17.1 Å². The molecule has 0 amide bonds. The number of rotatable bonds is 4. The Hall–Kier alpha value is -2.62. The van der Waals surface area contributed by atoms with E-state index in [0.717, 1.165) is 0 Å². The third-order valence-corrected chi connectivity index (χ3v) is 2.80. The zero-order valence-corrected chi connectivity index (χ0v) is 11.3. The molecule has 0 aliphatic heterocycles. The van der Waals surface area contributed by atoms with Gasteiger partial charge in [0.05, 0.1) is 7.11 Å². The predicted molar refractivity (Wildman–Crippen MR) is 74.4 cm³/mol. The average molecular weight is 270 g/mol. The van der Waals surface area contributed by atoms with Crippen molar-refractivity contribution in [2.75, 3.05) is 7.11 Å². The molecule has 0 saturated carbocycles. The SMILES string of the molecule is COc1ccccc1C(=O)Oc1ccc(C(C)=O)cc1. The van der Waals surface area contributed by atoms with Gasteiger partial charge in [-0.1, -0.05) is 12.1 Å². The van der Waals surface area contributed by atoms with Gasteiger partial charge in [-0.05, 0) is 43.3 Å². The molecule has 0 atom stereocenters. The Morgan fingerprint density at radius 3 is 2.20 bits per heavy atom. The van der Waals surface area contributed by atoms with Gasteiger partial charge in [0.2, 0.25) is 0 Å². The highest BCUT2D eigenvalue weighted by Crippen LogP contribution is 2.20. The molecule has 0 aliphatic carbocycles. The van der Waals surface area contributed by atoms with Crippen LogP contribution >= 0.6 is 0 Å². The van der Waals surface area contributed by atoms with Gasteiger partial charge in [-0.2, -0.15) is 0 Å². The minimum Gasteiger partial charge on any atom is -0.496 e. The zero-order chi connectivity index (χ0) is 14.5. The number of benzene rings is 2. The normalized spacial score (nSPS) is 9.90. The first-order valence-corrected chi connectivity index (χ1v) is 6.08. The Morgan fingerprint density at radius 2 is 1.60 bits per heavy atom. The van der Waals surface area contributed by atoms with Crippen LogP contribution in [-0.2, 0) is 0 Å². The number of carbonyl (C=O) groups excluding carboxylic acids is 2. The second-order valence-corrected chi connectivity index (χ2v) is 4.17. The Kier molecular flexibility index (Phi) is 4.15. The average Bonchev–Trinajstić information content (AvgIpc) is 2.47. The number of hydrogen-bond acceptors (Lipinski definition) is 4. The maximum absolute atomic E-state index is 12.0. The van der Waals surface area contributed by atoms with Crippen molar-refractivity contribution >= 4 is 11.8 Å². The second-order valence-electron chi connectivity index (χ2n) is 4.17. The van der Waals surface area contributed by atoms with Gasteiger partial charge in [0.25, 0.3) is 0 Å². The summed E-state index contributed by atoms with van der Waals surface area (Å²) in [6, 6.07) is 13.2. The Balaban J connectivity index is 2.17. The van der Waals surface area contributed by atoms with Crippen LogP contribution in [0.4, 0.5) is 0 Å². The molecule has 102 valence electrons. The molecule has 0 aliphatic rings. The van der Waals surface area contributed by atoms with Crippen LogP contribution in [0, 0.1) is 0 Å². The standard InChI is InChI=1S/C16H14O4/c1-11(17)12-7-9-13(10-8-12)20-16(18)14-5-3-4-6-15(14)19-2/h3-10H,1-2H3. The Labute approximate surface area is 116 Å². The summed E-state index contributed by atoms with van der Waals surface area (Å²) in [6.07, 6.45) is 0. The van der Waals surface area contributed by atoms with Crippen LogP contribution in [0.2, 0.25) is 0 Å². The lowest BCUT2D eigenvalue weighted by atomic mass is 10.1. The molecule has 2 aromatic rings. The van der Waals surface area contributed by atoms with Crippen molar-refractivity contribution in [1.29, 1.82) is 0 Å². The quantitative estimate of drug-likeness (QED) is 0.486. The molecule has 0 heterocycles. The van der Waals surface area contributed by atoms with E-state index in [9.17, 15) is 9.59 Å². The van der Waals surface area contributed by atoms with Gasteiger partial charge >= 0.3 is 5.97 Å². The molecule has 0 radical (unpaired) electrons. The van der Waals surface area contributed by atoms with Gasteiger partial charge in [-0.25, -0.2) is 4.79 Å². The van der Waals surface area contributed by atoms with Crippen molar-refractivity contribution in [3.63, 3.8) is 0 Å². The molecule has 4 heteroatoms. The van der Waals surface area contributed by atoms with Crippen LogP contribution in [0.5, 0.6) is 11.5 Å². The molecule has 2 rings (SSSR count). The molecular weight excluding hydrogens is 256 g/mol. The van der Waals surface area contributed by atoms with E-state index in [-0.39, 0.29) is 5.78 Å². The molecule has 0 unspecified atom stereocenters. The van der Waals surface area contributed by atoms with Crippen molar-refractivity contribution in [3.8, 4) is 11.5 Å². The first-order valence-electron chi connectivity index (χ1n) is 6.08. The van der Waals surface area contributed by atoms with Crippen LogP contribution in [0.25, 0.3) is 0 Å². The number of ketones is 1. The van der Waals surface area contributed by atoms with E-state index < -0.39 is 5.97 Å². The molecule has 0 bridgehead atoms. The summed E-state index contributed by atoms with van der Waals surface area (Å²) in [4.78, 5) is 23.2. The van der Waals surface area contributed by atoms with Crippen LogP contribution in [0.15, 0.2) is 48.5 Å². The van der Waals surface area contributed by atoms with Crippen molar-refractivity contribution in [2.45, 2.75) is 6.92 Å². The summed E-state index contributed by atoms with van der Waals surface area (Å²) in [5.74, 6) is 0.300. The molecule has 0 spiro atoms. The molecule has 0 aromatic heterocycles. The van der Waals surface area contributed by atoms with Gasteiger partial charge in [0.15, 0.2) is 5.78 Å². The number of ether oxygens (including phenoxy) is 2. The summed E-state index contributed by atoms with van der Waals surface area (Å²) in [6.45, 7) is 1.48. The lowest BCUT2D eigenvalue weighted by Gasteiger charge is -2.08. The molecular formula is C16H14O4. The summed E-state index contributed by atoms with van der Waals surface area (Å²) in [5, 5.41) is 0. The van der Waals surface area contributed by atoms with Crippen molar-refractivity contribution in [3.05, 3.63) is 59.7 Å². The molecule has 0 fully saturated rings. The molecule has 2 aromatic carbocycles. The molecule has 0 N–H and O–H groups in total. The summed E-state index contributed by atoms with van der Waals surface area (Å²) >= 11 is 0. The fourth-order valence-electron chi connectivity index (χ4n) is 1.73. The topological polar surface area (TPSA) is 52.6 Å². The highest BCUT2D eigenvalue weighted by Gasteiger charge is 2.13. The van der Waals surface area contributed by atoms with Gasteiger partial charge in [-0.3, -0.25) is 4.79 Å². The van der Waals surface area contributed by atoms with Crippen molar-refractivity contribution in [1.82, 2.24) is 0 Å². The summed E-state index contributed by atoms with van der Waals surface area (Å²) in [5.41, 5.74) is 0.924. The van der Waals surface area contributed by atoms with E-state index in [0.29, 0.717) is 22.6 Å². The third-order valence-electron chi connectivity index (χ3n) is 2.80. The summed E-state index contributed by atoms with van der Waals surface area (Å²) < 4.78 is 10.4. The van der Waals surface area contributed by atoms with E-state index in [1.165, 1.54) is 14.0 Å². The number of carbonyl (C=O) groups is 2.